The Hall–Kier alpha value is -1.97. The maximum absolute atomic E-state index is 11.3. The van der Waals surface area contributed by atoms with Gasteiger partial charge in [0, 0.05) is 13.1 Å². The number of benzene rings is 1. The number of urea groups is 1. The molecule has 1 rings (SSSR count). The third kappa shape index (κ3) is 5.39. The molecule has 18 heavy (non-hydrogen) atoms. The Balaban J connectivity index is 2.46. The van der Waals surface area contributed by atoms with E-state index < -0.39 is 0 Å². The molecule has 0 atom stereocenters. The fraction of sp³-hybridized carbons (Fsp3) is 0.357. The van der Waals surface area contributed by atoms with E-state index >= 15 is 0 Å². The van der Waals surface area contributed by atoms with Gasteiger partial charge in [-0.25, -0.2) is 4.79 Å². The van der Waals surface area contributed by atoms with Gasteiger partial charge in [-0.2, -0.15) is 0 Å². The van der Waals surface area contributed by atoms with E-state index in [2.05, 4.69) is 17.2 Å². The molecule has 0 radical (unpaired) electrons. The van der Waals surface area contributed by atoms with E-state index in [0.29, 0.717) is 13.1 Å². The standard InChI is InChI=1S/C14H20N2O2/c1-4-8-15-14(17)16-10-12-6-5-7-13(9-12)18-11(2)3/h4-7,9,11H,1,8,10H2,2-3H3,(H2,15,16,17). The van der Waals surface area contributed by atoms with Crippen molar-refractivity contribution in [3.05, 3.63) is 42.5 Å². The summed E-state index contributed by atoms with van der Waals surface area (Å²) in [7, 11) is 0. The van der Waals surface area contributed by atoms with Gasteiger partial charge >= 0.3 is 6.03 Å². The van der Waals surface area contributed by atoms with Crippen LogP contribution in [0.2, 0.25) is 0 Å². The third-order valence-corrected chi connectivity index (χ3v) is 2.13. The molecule has 4 heteroatoms. The Morgan fingerprint density at radius 1 is 1.44 bits per heavy atom. The molecule has 0 heterocycles. The molecule has 0 saturated heterocycles. The number of carbonyl (C=O) groups excluding carboxylic acids is 1. The van der Waals surface area contributed by atoms with E-state index in [0.717, 1.165) is 11.3 Å². The van der Waals surface area contributed by atoms with Gasteiger partial charge in [0.15, 0.2) is 0 Å². The minimum Gasteiger partial charge on any atom is -0.491 e. The van der Waals surface area contributed by atoms with Crippen LogP contribution in [-0.4, -0.2) is 18.7 Å². The summed E-state index contributed by atoms with van der Waals surface area (Å²) in [6, 6.07) is 7.48. The van der Waals surface area contributed by atoms with Crippen molar-refractivity contribution >= 4 is 6.03 Å². The van der Waals surface area contributed by atoms with Crippen LogP contribution in [0.15, 0.2) is 36.9 Å². The number of rotatable bonds is 6. The molecule has 0 aliphatic heterocycles. The van der Waals surface area contributed by atoms with Crippen molar-refractivity contribution < 1.29 is 9.53 Å². The molecule has 0 unspecified atom stereocenters. The van der Waals surface area contributed by atoms with Crippen molar-refractivity contribution in [1.82, 2.24) is 10.6 Å². The summed E-state index contributed by atoms with van der Waals surface area (Å²) in [5.41, 5.74) is 1.00. The summed E-state index contributed by atoms with van der Waals surface area (Å²) in [6.07, 6.45) is 1.78. The highest BCUT2D eigenvalue weighted by atomic mass is 16.5. The Morgan fingerprint density at radius 3 is 2.89 bits per heavy atom. The molecule has 1 aromatic carbocycles. The van der Waals surface area contributed by atoms with Gasteiger partial charge in [0.25, 0.3) is 0 Å². The topological polar surface area (TPSA) is 50.4 Å². The van der Waals surface area contributed by atoms with Gasteiger partial charge < -0.3 is 15.4 Å². The number of nitrogens with one attached hydrogen (secondary N) is 2. The van der Waals surface area contributed by atoms with E-state index in [4.69, 9.17) is 4.74 Å². The van der Waals surface area contributed by atoms with Crippen molar-refractivity contribution in [1.29, 1.82) is 0 Å². The first-order valence-electron chi connectivity index (χ1n) is 6.00. The number of ether oxygens (including phenoxy) is 1. The second-order valence-corrected chi connectivity index (χ2v) is 4.17. The molecule has 4 nitrogen and oxygen atoms in total. The highest BCUT2D eigenvalue weighted by molar-refractivity contribution is 5.73. The minimum absolute atomic E-state index is 0.143. The second-order valence-electron chi connectivity index (χ2n) is 4.17. The van der Waals surface area contributed by atoms with E-state index in [-0.39, 0.29) is 12.1 Å². The predicted molar refractivity (Wildman–Crippen MR) is 72.6 cm³/mol. The number of amides is 2. The lowest BCUT2D eigenvalue weighted by molar-refractivity contribution is 0.240. The van der Waals surface area contributed by atoms with Crippen molar-refractivity contribution in [2.75, 3.05) is 6.54 Å². The van der Waals surface area contributed by atoms with Crippen LogP contribution in [0.5, 0.6) is 5.75 Å². The smallest absolute Gasteiger partial charge is 0.315 e. The molecule has 0 saturated carbocycles. The highest BCUT2D eigenvalue weighted by Crippen LogP contribution is 2.14. The molecule has 0 bridgehead atoms. The predicted octanol–water partition coefficient (Wildman–Crippen LogP) is 2.46. The third-order valence-electron chi connectivity index (χ3n) is 2.13. The highest BCUT2D eigenvalue weighted by Gasteiger charge is 2.01. The Bertz CT molecular complexity index is 403. The molecule has 0 spiro atoms. The van der Waals surface area contributed by atoms with Crippen LogP contribution in [0.1, 0.15) is 19.4 Å². The van der Waals surface area contributed by atoms with Crippen molar-refractivity contribution in [2.24, 2.45) is 0 Å². The second kappa shape index (κ2) is 7.37. The van der Waals surface area contributed by atoms with Crippen LogP contribution < -0.4 is 15.4 Å². The fourth-order valence-electron chi connectivity index (χ4n) is 1.41. The zero-order chi connectivity index (χ0) is 13.4. The summed E-state index contributed by atoms with van der Waals surface area (Å²) in [4.78, 5) is 11.3. The maximum Gasteiger partial charge on any atom is 0.315 e. The zero-order valence-corrected chi connectivity index (χ0v) is 10.9. The van der Waals surface area contributed by atoms with Crippen LogP contribution >= 0.6 is 0 Å². The number of carbonyl (C=O) groups is 1. The first-order chi connectivity index (χ1) is 8.61. The largest absolute Gasteiger partial charge is 0.491 e. The molecule has 0 aliphatic rings. The van der Waals surface area contributed by atoms with E-state index in [1.165, 1.54) is 0 Å². The Kier molecular flexibility index (Phi) is 5.77. The Labute approximate surface area is 108 Å². The average Bonchev–Trinajstić information content (AvgIpc) is 2.33. The van der Waals surface area contributed by atoms with Crippen LogP contribution in [0.4, 0.5) is 4.79 Å². The van der Waals surface area contributed by atoms with E-state index in [1.54, 1.807) is 6.08 Å². The van der Waals surface area contributed by atoms with Crippen molar-refractivity contribution in [3.63, 3.8) is 0 Å². The summed E-state index contributed by atoms with van der Waals surface area (Å²) >= 11 is 0. The lowest BCUT2D eigenvalue weighted by Gasteiger charge is -2.11. The number of hydrogen-bond donors (Lipinski definition) is 2. The quantitative estimate of drug-likeness (QED) is 0.760. The SMILES string of the molecule is C=CCNC(=O)NCc1cccc(OC(C)C)c1. The summed E-state index contributed by atoms with van der Waals surface area (Å²) in [5.74, 6) is 0.816. The average molecular weight is 248 g/mol. The lowest BCUT2D eigenvalue weighted by atomic mass is 10.2. The molecule has 0 fully saturated rings. The molecular weight excluding hydrogens is 228 g/mol. The normalized spacial score (nSPS) is 9.94. The lowest BCUT2D eigenvalue weighted by Crippen LogP contribution is -2.34. The molecule has 2 N–H and O–H groups in total. The van der Waals surface area contributed by atoms with Gasteiger partial charge in [0.05, 0.1) is 6.10 Å². The summed E-state index contributed by atoms with van der Waals surface area (Å²) in [5, 5.41) is 5.41. The molecule has 0 aliphatic carbocycles. The fourth-order valence-corrected chi connectivity index (χ4v) is 1.41. The van der Waals surface area contributed by atoms with Gasteiger partial charge in [0.2, 0.25) is 0 Å². The van der Waals surface area contributed by atoms with Gasteiger partial charge in [-0.05, 0) is 31.5 Å². The molecule has 2 amide bonds. The van der Waals surface area contributed by atoms with Crippen molar-refractivity contribution in [2.45, 2.75) is 26.5 Å². The van der Waals surface area contributed by atoms with E-state index in [9.17, 15) is 4.79 Å². The maximum atomic E-state index is 11.3. The summed E-state index contributed by atoms with van der Waals surface area (Å²) in [6.45, 7) is 8.42. The molecule has 1 aromatic rings. The van der Waals surface area contributed by atoms with Crippen molar-refractivity contribution in [3.8, 4) is 5.75 Å². The van der Waals surface area contributed by atoms with Gasteiger partial charge in [-0.1, -0.05) is 18.2 Å². The molecule has 98 valence electrons. The van der Waals surface area contributed by atoms with Gasteiger partial charge in [-0.3, -0.25) is 0 Å². The zero-order valence-electron chi connectivity index (χ0n) is 10.9. The van der Waals surface area contributed by atoms with Crippen LogP contribution in [0.25, 0.3) is 0 Å². The first kappa shape index (κ1) is 14.1. The monoisotopic (exact) mass is 248 g/mol. The number of hydrogen-bond acceptors (Lipinski definition) is 2. The summed E-state index contributed by atoms with van der Waals surface area (Å²) < 4.78 is 5.58. The molecular formula is C14H20N2O2. The Morgan fingerprint density at radius 2 is 2.22 bits per heavy atom. The first-order valence-corrected chi connectivity index (χ1v) is 6.00. The van der Waals surface area contributed by atoms with Crippen LogP contribution in [0, 0.1) is 0 Å². The van der Waals surface area contributed by atoms with Gasteiger partial charge in [-0.15, -0.1) is 6.58 Å². The van der Waals surface area contributed by atoms with Crippen LogP contribution in [0.3, 0.4) is 0 Å². The van der Waals surface area contributed by atoms with Gasteiger partial charge in [0.1, 0.15) is 5.75 Å². The molecule has 0 aromatic heterocycles. The van der Waals surface area contributed by atoms with Crippen LogP contribution in [-0.2, 0) is 6.54 Å². The van der Waals surface area contributed by atoms with E-state index in [1.807, 2.05) is 38.1 Å². The minimum atomic E-state index is -0.204.